The second kappa shape index (κ2) is 6.93. The zero-order valence-corrected chi connectivity index (χ0v) is 11.6. The minimum atomic E-state index is -0.963. The first-order valence-corrected chi connectivity index (χ1v) is 3.42. The number of halogens is 1. The molecule has 0 aromatic heterocycles. The second-order valence-corrected chi connectivity index (χ2v) is 2.59. The number of aliphatic hydroxyl groups is 1. The summed E-state index contributed by atoms with van der Waals surface area (Å²) in [6, 6.07) is 0. The maximum atomic E-state index is 9.16. The van der Waals surface area contributed by atoms with E-state index in [1.165, 1.54) is 0 Å². The Bertz CT molecular complexity index is 117. The molecule has 0 heterocycles. The van der Waals surface area contributed by atoms with Crippen LogP contribution < -0.4 is 0 Å². The van der Waals surface area contributed by atoms with E-state index >= 15 is 0 Å². The van der Waals surface area contributed by atoms with Crippen LogP contribution in [0.25, 0.3) is 0 Å². The third kappa shape index (κ3) is 7.36. The van der Waals surface area contributed by atoms with Gasteiger partial charge in [0.2, 0.25) is 0 Å². The molecule has 1 atom stereocenters. The van der Waals surface area contributed by atoms with Crippen molar-refractivity contribution in [2.24, 2.45) is 0 Å². The van der Waals surface area contributed by atoms with Crippen molar-refractivity contribution >= 4 is 11.6 Å². The summed E-state index contributed by atoms with van der Waals surface area (Å²) < 4.78 is 0. The van der Waals surface area contributed by atoms with Crippen LogP contribution in [-0.4, -0.2) is 16.6 Å². The summed E-state index contributed by atoms with van der Waals surface area (Å²) in [4.78, 5) is 0. The topological polar surface area (TPSA) is 20.2 Å². The third-order valence-corrected chi connectivity index (χ3v) is 1.38. The van der Waals surface area contributed by atoms with Gasteiger partial charge in [0.05, 0.1) is 0 Å². The van der Waals surface area contributed by atoms with Gasteiger partial charge in [-0.2, -0.15) is 0 Å². The quantitative estimate of drug-likeness (QED) is 0.586. The van der Waals surface area contributed by atoms with Crippen molar-refractivity contribution in [1.82, 2.24) is 0 Å². The molecule has 3 heteroatoms. The Kier molecular flexibility index (Phi) is 9.58. The van der Waals surface area contributed by atoms with E-state index in [0.29, 0.717) is 12.3 Å². The van der Waals surface area contributed by atoms with Gasteiger partial charge in [-0.15, -0.1) is 18.0 Å². The second-order valence-electron chi connectivity index (χ2n) is 2.21. The SMILES string of the molecule is C#CC(C)(O)CCCCl.[Ac]. The maximum Gasteiger partial charge on any atom is 0.122 e. The fourth-order valence-electron chi connectivity index (χ4n) is 0.483. The zero-order chi connectivity index (χ0) is 7.33. The molecule has 55 valence electrons. The molecular weight excluding hydrogens is 363 g/mol. The van der Waals surface area contributed by atoms with Crippen LogP contribution in [-0.2, 0) is 0 Å². The van der Waals surface area contributed by atoms with Crippen molar-refractivity contribution in [2.75, 3.05) is 5.88 Å². The monoisotopic (exact) mass is 373 g/mol. The predicted octanol–water partition coefficient (Wildman–Crippen LogP) is 1.39. The van der Waals surface area contributed by atoms with Crippen LogP contribution in [0.4, 0.5) is 0 Å². The average molecular weight is 374 g/mol. The molecule has 0 rings (SSSR count). The van der Waals surface area contributed by atoms with Crippen LogP contribution in [0.1, 0.15) is 19.8 Å². The molecule has 1 nitrogen and oxygen atoms in total. The molecule has 0 aromatic rings. The Morgan fingerprint density at radius 2 is 2.20 bits per heavy atom. The van der Waals surface area contributed by atoms with Crippen LogP contribution in [0.3, 0.4) is 0 Å². The first-order valence-electron chi connectivity index (χ1n) is 2.88. The molecule has 0 amide bonds. The van der Waals surface area contributed by atoms with Crippen molar-refractivity contribution in [3.05, 3.63) is 0 Å². The molecule has 0 bridgehead atoms. The van der Waals surface area contributed by atoms with Crippen molar-refractivity contribution in [1.29, 1.82) is 0 Å². The smallest absolute Gasteiger partial charge is 0.122 e. The maximum absolute atomic E-state index is 9.16. The molecule has 0 fully saturated rings. The first-order chi connectivity index (χ1) is 4.12. The summed E-state index contributed by atoms with van der Waals surface area (Å²) >= 11 is 5.38. The van der Waals surface area contributed by atoms with E-state index in [4.69, 9.17) is 23.1 Å². The molecule has 1 radical (unpaired) electrons. The summed E-state index contributed by atoms with van der Waals surface area (Å²) in [5, 5.41) is 9.16. The van der Waals surface area contributed by atoms with Gasteiger partial charge >= 0.3 is 0 Å². The molecule has 1 N–H and O–H groups in total. The number of hydrogen-bond acceptors (Lipinski definition) is 1. The van der Waals surface area contributed by atoms with Gasteiger partial charge in [0.15, 0.2) is 0 Å². The van der Waals surface area contributed by atoms with E-state index in [2.05, 4.69) is 5.92 Å². The number of hydrogen-bond donors (Lipinski definition) is 1. The van der Waals surface area contributed by atoms with Crippen LogP contribution in [0.2, 0.25) is 0 Å². The Morgan fingerprint density at radius 3 is 2.50 bits per heavy atom. The standard InChI is InChI=1S/C7H11ClO.Ac/c1-3-7(2,9)5-4-6-8;/h1,9H,4-6H2,2H3;. The average Bonchev–Trinajstić information content (AvgIpc) is 1.84. The largest absolute Gasteiger partial charge is 0.378 e. The van der Waals surface area contributed by atoms with Crippen LogP contribution >= 0.6 is 11.6 Å². The van der Waals surface area contributed by atoms with E-state index in [1.807, 2.05) is 0 Å². The van der Waals surface area contributed by atoms with E-state index in [0.717, 1.165) is 6.42 Å². The Morgan fingerprint density at radius 1 is 1.70 bits per heavy atom. The van der Waals surface area contributed by atoms with E-state index in [9.17, 15) is 0 Å². The van der Waals surface area contributed by atoms with E-state index in [1.54, 1.807) is 6.92 Å². The van der Waals surface area contributed by atoms with Crippen molar-refractivity contribution in [3.63, 3.8) is 0 Å². The van der Waals surface area contributed by atoms with Gasteiger partial charge in [0.1, 0.15) is 5.60 Å². The number of rotatable bonds is 3. The predicted molar refractivity (Wildman–Crippen MR) is 39.4 cm³/mol. The summed E-state index contributed by atoms with van der Waals surface area (Å²) in [5.74, 6) is 2.83. The minimum Gasteiger partial charge on any atom is -0.378 e. The fraction of sp³-hybridized carbons (Fsp3) is 0.714. The Balaban J connectivity index is 0. The van der Waals surface area contributed by atoms with Gasteiger partial charge in [-0.05, 0) is 19.8 Å². The fourth-order valence-corrected chi connectivity index (χ4v) is 0.617. The van der Waals surface area contributed by atoms with Crippen LogP contribution in [0, 0.1) is 56.4 Å². The number of alkyl halides is 1. The summed E-state index contributed by atoms with van der Waals surface area (Å²) in [6.45, 7) is 1.61. The summed E-state index contributed by atoms with van der Waals surface area (Å²) in [7, 11) is 0. The van der Waals surface area contributed by atoms with Crippen LogP contribution in [0.15, 0.2) is 0 Å². The van der Waals surface area contributed by atoms with Crippen molar-refractivity contribution < 1.29 is 49.2 Å². The molecule has 10 heavy (non-hydrogen) atoms. The van der Waals surface area contributed by atoms with Gasteiger partial charge in [-0.3, -0.25) is 0 Å². The Labute approximate surface area is 103 Å². The van der Waals surface area contributed by atoms with Crippen molar-refractivity contribution in [2.45, 2.75) is 25.4 Å². The minimum absolute atomic E-state index is 0. The molecule has 0 aromatic carbocycles. The van der Waals surface area contributed by atoms with Gasteiger partial charge in [-0.25, -0.2) is 0 Å². The van der Waals surface area contributed by atoms with Crippen molar-refractivity contribution in [3.8, 4) is 12.3 Å². The van der Waals surface area contributed by atoms with E-state index < -0.39 is 5.60 Å². The molecule has 0 aliphatic rings. The van der Waals surface area contributed by atoms with Gasteiger partial charge < -0.3 is 5.11 Å². The molecule has 0 spiro atoms. The normalized spacial score (nSPS) is 14.6. The van der Waals surface area contributed by atoms with E-state index in [-0.39, 0.29) is 44.1 Å². The molecule has 1 unspecified atom stereocenters. The van der Waals surface area contributed by atoms with Gasteiger partial charge in [-0.1, -0.05) is 5.92 Å². The summed E-state index contributed by atoms with van der Waals surface area (Å²) in [6.07, 6.45) is 6.34. The summed E-state index contributed by atoms with van der Waals surface area (Å²) in [5.41, 5.74) is -0.963. The molecule has 0 saturated heterocycles. The zero-order valence-electron chi connectivity index (χ0n) is 6.10. The Hall–Kier alpha value is 1.25. The van der Waals surface area contributed by atoms with Gasteiger partial charge in [0.25, 0.3) is 0 Å². The first kappa shape index (κ1) is 13.8. The molecular formula is C7H11AcClO. The molecule has 0 aliphatic carbocycles. The third-order valence-electron chi connectivity index (χ3n) is 1.11. The number of terminal acetylenes is 1. The molecule has 0 aliphatic heterocycles. The van der Waals surface area contributed by atoms with Gasteiger partial charge in [0, 0.05) is 49.9 Å². The van der Waals surface area contributed by atoms with Crippen LogP contribution in [0.5, 0.6) is 0 Å². The molecule has 0 saturated carbocycles.